The Labute approximate surface area is 73.3 Å². The molecule has 2 aliphatic heterocycles. The summed E-state index contributed by atoms with van der Waals surface area (Å²) in [6, 6.07) is 0. The van der Waals surface area contributed by atoms with Crippen molar-refractivity contribution in [2.75, 3.05) is 19.6 Å². The molecule has 2 bridgehead atoms. The highest BCUT2D eigenvalue weighted by Crippen LogP contribution is 2.25. The first-order valence-corrected chi connectivity index (χ1v) is 4.80. The lowest BCUT2D eigenvalue weighted by Crippen LogP contribution is -2.45. The van der Waals surface area contributed by atoms with Gasteiger partial charge >= 0.3 is 0 Å². The topological polar surface area (TPSA) is 32.7 Å². The summed E-state index contributed by atoms with van der Waals surface area (Å²) >= 11 is 0. The summed E-state index contributed by atoms with van der Waals surface area (Å²) in [5.74, 6) is 0. The van der Waals surface area contributed by atoms with E-state index >= 15 is 0 Å². The standard InChI is InChI=1S/C9H17NO2/c1-7(11)4-10-5-8-2-3-9(6-10)12-8/h7-9,11H,2-6H2,1H3. The van der Waals surface area contributed by atoms with Gasteiger partial charge in [0.1, 0.15) is 0 Å². The van der Waals surface area contributed by atoms with Crippen molar-refractivity contribution in [1.29, 1.82) is 0 Å². The number of hydrogen-bond donors (Lipinski definition) is 1. The molecule has 2 fully saturated rings. The molecule has 3 unspecified atom stereocenters. The second kappa shape index (κ2) is 3.32. The van der Waals surface area contributed by atoms with E-state index in [9.17, 15) is 5.11 Å². The Kier molecular flexibility index (Phi) is 2.35. The zero-order valence-electron chi connectivity index (χ0n) is 7.57. The van der Waals surface area contributed by atoms with E-state index in [0.29, 0.717) is 12.2 Å². The second-order valence-electron chi connectivity index (χ2n) is 4.03. The maximum Gasteiger partial charge on any atom is 0.0707 e. The molecule has 0 amide bonds. The Hall–Kier alpha value is -0.120. The Morgan fingerprint density at radius 2 is 2.00 bits per heavy atom. The minimum Gasteiger partial charge on any atom is -0.392 e. The normalized spacial score (nSPS) is 38.5. The van der Waals surface area contributed by atoms with E-state index in [1.54, 1.807) is 0 Å². The van der Waals surface area contributed by atoms with Crippen LogP contribution in [0.25, 0.3) is 0 Å². The summed E-state index contributed by atoms with van der Waals surface area (Å²) in [6.45, 7) is 4.68. The number of fused-ring (bicyclic) bond motifs is 2. The monoisotopic (exact) mass is 171 g/mol. The summed E-state index contributed by atoms with van der Waals surface area (Å²) < 4.78 is 5.69. The van der Waals surface area contributed by atoms with Crippen molar-refractivity contribution in [2.24, 2.45) is 0 Å². The largest absolute Gasteiger partial charge is 0.392 e. The van der Waals surface area contributed by atoms with Crippen molar-refractivity contribution in [3.63, 3.8) is 0 Å². The van der Waals surface area contributed by atoms with E-state index < -0.39 is 0 Å². The van der Waals surface area contributed by atoms with Crippen LogP contribution < -0.4 is 0 Å². The first kappa shape index (κ1) is 8.48. The van der Waals surface area contributed by atoms with E-state index in [4.69, 9.17) is 4.74 Å². The maximum absolute atomic E-state index is 9.22. The molecule has 0 spiro atoms. The van der Waals surface area contributed by atoms with E-state index in [2.05, 4.69) is 4.90 Å². The lowest BCUT2D eigenvalue weighted by atomic mass is 10.2. The molecule has 12 heavy (non-hydrogen) atoms. The van der Waals surface area contributed by atoms with Crippen molar-refractivity contribution in [3.05, 3.63) is 0 Å². The van der Waals surface area contributed by atoms with Gasteiger partial charge in [0.05, 0.1) is 18.3 Å². The fourth-order valence-corrected chi connectivity index (χ4v) is 2.22. The predicted octanol–water partition coefficient (Wildman–Crippen LogP) is 0.230. The molecule has 3 atom stereocenters. The zero-order chi connectivity index (χ0) is 8.55. The van der Waals surface area contributed by atoms with Gasteiger partial charge < -0.3 is 9.84 Å². The number of morpholine rings is 1. The molecular weight excluding hydrogens is 154 g/mol. The van der Waals surface area contributed by atoms with E-state index in [1.165, 1.54) is 12.8 Å². The fourth-order valence-electron chi connectivity index (χ4n) is 2.22. The third-order valence-corrected chi connectivity index (χ3v) is 2.64. The van der Waals surface area contributed by atoms with Gasteiger partial charge in [-0.1, -0.05) is 0 Å². The summed E-state index contributed by atoms with van der Waals surface area (Å²) in [5.41, 5.74) is 0. The minimum atomic E-state index is -0.206. The number of rotatable bonds is 2. The summed E-state index contributed by atoms with van der Waals surface area (Å²) in [6.07, 6.45) is 3.11. The number of likely N-dealkylation sites (tertiary alicyclic amines) is 1. The molecule has 0 aliphatic carbocycles. The smallest absolute Gasteiger partial charge is 0.0707 e. The number of aliphatic hydroxyl groups is 1. The third-order valence-electron chi connectivity index (χ3n) is 2.64. The molecule has 2 rings (SSSR count). The molecule has 3 nitrogen and oxygen atoms in total. The van der Waals surface area contributed by atoms with Crippen molar-refractivity contribution >= 4 is 0 Å². The summed E-state index contributed by atoms with van der Waals surface area (Å²) in [5, 5.41) is 9.22. The van der Waals surface area contributed by atoms with Gasteiger partial charge in [-0.05, 0) is 19.8 Å². The lowest BCUT2D eigenvalue weighted by molar-refractivity contribution is -0.0478. The van der Waals surface area contributed by atoms with Gasteiger partial charge in [0.15, 0.2) is 0 Å². The molecule has 2 aliphatic rings. The van der Waals surface area contributed by atoms with Crippen molar-refractivity contribution in [1.82, 2.24) is 4.90 Å². The van der Waals surface area contributed by atoms with Gasteiger partial charge in [0.2, 0.25) is 0 Å². The fraction of sp³-hybridized carbons (Fsp3) is 1.00. The van der Waals surface area contributed by atoms with Gasteiger partial charge in [-0.3, -0.25) is 4.90 Å². The predicted molar refractivity (Wildman–Crippen MR) is 46.0 cm³/mol. The van der Waals surface area contributed by atoms with Crippen LogP contribution in [-0.4, -0.2) is 48.0 Å². The Bertz CT molecular complexity index is 149. The Morgan fingerprint density at radius 1 is 1.42 bits per heavy atom. The quantitative estimate of drug-likeness (QED) is 0.645. The highest BCUT2D eigenvalue weighted by Gasteiger charge is 2.33. The van der Waals surface area contributed by atoms with E-state index in [-0.39, 0.29) is 6.10 Å². The van der Waals surface area contributed by atoms with Gasteiger partial charge in [0.25, 0.3) is 0 Å². The first-order valence-electron chi connectivity index (χ1n) is 4.80. The molecule has 0 aromatic heterocycles. The second-order valence-corrected chi connectivity index (χ2v) is 4.03. The molecule has 3 heteroatoms. The molecule has 0 saturated carbocycles. The molecular formula is C9H17NO2. The Morgan fingerprint density at radius 3 is 2.50 bits per heavy atom. The molecule has 0 radical (unpaired) electrons. The summed E-state index contributed by atoms with van der Waals surface area (Å²) in [4.78, 5) is 2.32. The van der Waals surface area contributed by atoms with Gasteiger partial charge in [-0.25, -0.2) is 0 Å². The van der Waals surface area contributed by atoms with Crippen molar-refractivity contribution < 1.29 is 9.84 Å². The molecule has 0 aromatic rings. The van der Waals surface area contributed by atoms with Gasteiger partial charge in [-0.2, -0.15) is 0 Å². The maximum atomic E-state index is 9.22. The van der Waals surface area contributed by atoms with Crippen molar-refractivity contribution in [2.45, 2.75) is 38.1 Å². The highest BCUT2D eigenvalue weighted by atomic mass is 16.5. The molecule has 0 aromatic carbocycles. The third kappa shape index (κ3) is 1.79. The van der Waals surface area contributed by atoms with Crippen LogP contribution in [-0.2, 0) is 4.74 Å². The summed E-state index contributed by atoms with van der Waals surface area (Å²) in [7, 11) is 0. The zero-order valence-corrected chi connectivity index (χ0v) is 7.57. The Balaban J connectivity index is 1.85. The average molecular weight is 171 g/mol. The number of hydrogen-bond acceptors (Lipinski definition) is 3. The van der Waals surface area contributed by atoms with Crippen LogP contribution in [0.2, 0.25) is 0 Å². The molecule has 70 valence electrons. The van der Waals surface area contributed by atoms with Crippen LogP contribution in [0.3, 0.4) is 0 Å². The van der Waals surface area contributed by atoms with E-state index in [1.807, 2.05) is 6.92 Å². The van der Waals surface area contributed by atoms with Crippen LogP contribution in [0, 0.1) is 0 Å². The van der Waals surface area contributed by atoms with Crippen LogP contribution in [0.5, 0.6) is 0 Å². The molecule has 1 N–H and O–H groups in total. The van der Waals surface area contributed by atoms with Crippen LogP contribution in [0.4, 0.5) is 0 Å². The average Bonchev–Trinajstić information content (AvgIpc) is 2.29. The number of aliphatic hydroxyl groups excluding tert-OH is 1. The number of ether oxygens (including phenoxy) is 1. The van der Waals surface area contributed by atoms with Crippen molar-refractivity contribution in [3.8, 4) is 0 Å². The van der Waals surface area contributed by atoms with Gasteiger partial charge in [-0.15, -0.1) is 0 Å². The SMILES string of the molecule is CC(O)CN1CC2CCC(C1)O2. The number of β-amino-alcohol motifs (C(OH)–C–C–N with tert-alkyl or cyclic N) is 1. The van der Waals surface area contributed by atoms with E-state index in [0.717, 1.165) is 19.6 Å². The highest BCUT2D eigenvalue weighted by molar-refractivity contribution is 4.85. The first-order chi connectivity index (χ1) is 5.74. The number of nitrogens with zero attached hydrogens (tertiary/aromatic N) is 1. The van der Waals surface area contributed by atoms with Gasteiger partial charge in [0, 0.05) is 19.6 Å². The molecule has 2 saturated heterocycles. The lowest BCUT2D eigenvalue weighted by Gasteiger charge is -2.32. The van der Waals surface area contributed by atoms with Crippen LogP contribution in [0.1, 0.15) is 19.8 Å². The van der Waals surface area contributed by atoms with Crippen LogP contribution in [0.15, 0.2) is 0 Å². The van der Waals surface area contributed by atoms with Crippen LogP contribution >= 0.6 is 0 Å². The molecule has 2 heterocycles. The minimum absolute atomic E-state index is 0.206.